The zero-order chi connectivity index (χ0) is 10.3. The van der Waals surface area contributed by atoms with Crippen LogP contribution in [0, 0.1) is 5.82 Å². The molecule has 2 N–H and O–H groups in total. The Kier molecular flexibility index (Phi) is 2.00. The Morgan fingerprint density at radius 2 is 2.29 bits per heavy atom. The number of rotatable bonds is 0. The van der Waals surface area contributed by atoms with Gasteiger partial charge in [0.15, 0.2) is 0 Å². The van der Waals surface area contributed by atoms with Gasteiger partial charge in [-0.3, -0.25) is 4.79 Å². The van der Waals surface area contributed by atoms with E-state index in [2.05, 4.69) is 0 Å². The first-order valence-corrected chi connectivity index (χ1v) is 4.42. The van der Waals surface area contributed by atoms with Gasteiger partial charge in [0.2, 0.25) is 5.91 Å². The van der Waals surface area contributed by atoms with Crippen LogP contribution in [0.3, 0.4) is 0 Å². The molecule has 14 heavy (non-hydrogen) atoms. The van der Waals surface area contributed by atoms with Gasteiger partial charge in [-0.05, 0) is 11.6 Å². The summed E-state index contributed by atoms with van der Waals surface area (Å²) in [6.45, 7) is 0. The van der Waals surface area contributed by atoms with Gasteiger partial charge in [-0.15, -0.1) is 0 Å². The Bertz CT molecular complexity index is 392. The van der Waals surface area contributed by atoms with Crippen LogP contribution in [0.15, 0.2) is 18.2 Å². The molecule has 0 saturated heterocycles. The molecule has 1 aliphatic heterocycles. The van der Waals surface area contributed by atoms with Crippen LogP contribution in [0.25, 0.3) is 0 Å². The van der Waals surface area contributed by atoms with E-state index in [0.29, 0.717) is 11.3 Å². The number of carbonyl (C=O) groups excluding carboxylic acids is 1. The first-order chi connectivity index (χ1) is 6.61. The summed E-state index contributed by atoms with van der Waals surface area (Å²) in [6.07, 6.45) is 0.243. The highest BCUT2D eigenvalue weighted by molar-refractivity contribution is 5.96. The van der Waals surface area contributed by atoms with Crippen molar-refractivity contribution < 1.29 is 9.18 Å². The summed E-state index contributed by atoms with van der Waals surface area (Å²) in [4.78, 5) is 12.7. The lowest BCUT2D eigenvalue weighted by Gasteiger charge is -2.29. The van der Waals surface area contributed by atoms with E-state index in [4.69, 9.17) is 5.73 Å². The third-order valence-corrected chi connectivity index (χ3v) is 2.52. The lowest BCUT2D eigenvalue weighted by Crippen LogP contribution is -2.36. The van der Waals surface area contributed by atoms with Gasteiger partial charge in [-0.2, -0.15) is 0 Å². The van der Waals surface area contributed by atoms with E-state index in [-0.39, 0.29) is 18.4 Å². The number of anilines is 1. The van der Waals surface area contributed by atoms with Crippen molar-refractivity contribution in [3.8, 4) is 0 Å². The topological polar surface area (TPSA) is 46.3 Å². The highest BCUT2D eigenvalue weighted by Gasteiger charge is 2.28. The molecule has 1 aromatic carbocycles. The summed E-state index contributed by atoms with van der Waals surface area (Å²) in [5.41, 5.74) is 6.77. The van der Waals surface area contributed by atoms with E-state index in [1.165, 1.54) is 11.0 Å². The molecule has 1 unspecified atom stereocenters. The monoisotopic (exact) mass is 194 g/mol. The molecule has 0 aliphatic carbocycles. The molecular weight excluding hydrogens is 183 g/mol. The number of nitrogens with zero attached hydrogens (tertiary/aromatic N) is 1. The maximum Gasteiger partial charge on any atom is 0.228 e. The minimum absolute atomic E-state index is 0.143. The van der Waals surface area contributed by atoms with Crippen molar-refractivity contribution in [2.24, 2.45) is 5.73 Å². The first kappa shape index (κ1) is 9.15. The number of hydrogen-bond acceptors (Lipinski definition) is 2. The Morgan fingerprint density at radius 3 is 3.00 bits per heavy atom. The van der Waals surface area contributed by atoms with Crippen LogP contribution in [-0.2, 0) is 4.79 Å². The second-order valence-corrected chi connectivity index (χ2v) is 3.44. The lowest BCUT2D eigenvalue weighted by atomic mass is 9.97. The number of halogens is 1. The predicted octanol–water partition coefficient (Wildman–Crippen LogP) is 1.19. The second-order valence-electron chi connectivity index (χ2n) is 3.44. The minimum atomic E-state index is -0.395. The van der Waals surface area contributed by atoms with Gasteiger partial charge in [-0.1, -0.05) is 12.1 Å². The van der Waals surface area contributed by atoms with Gasteiger partial charge in [0.05, 0.1) is 5.69 Å². The van der Waals surface area contributed by atoms with Crippen molar-refractivity contribution in [3.05, 3.63) is 29.6 Å². The summed E-state index contributed by atoms with van der Waals surface area (Å²) in [5.74, 6) is -0.538. The van der Waals surface area contributed by atoms with Crippen LogP contribution in [0.5, 0.6) is 0 Å². The van der Waals surface area contributed by atoms with Crippen molar-refractivity contribution in [1.29, 1.82) is 0 Å². The molecule has 3 nitrogen and oxygen atoms in total. The number of hydrogen-bond donors (Lipinski definition) is 1. The molecule has 4 heteroatoms. The number of amides is 1. The quantitative estimate of drug-likeness (QED) is 0.674. The minimum Gasteiger partial charge on any atom is -0.323 e. The Hall–Kier alpha value is -1.42. The predicted molar refractivity (Wildman–Crippen MR) is 51.4 cm³/mol. The molecule has 0 saturated carbocycles. The average molecular weight is 194 g/mol. The number of fused-ring (bicyclic) bond motifs is 1. The number of benzene rings is 1. The SMILES string of the molecule is CN1C(=O)CC(N)c2cccc(F)c21. The van der Waals surface area contributed by atoms with Crippen molar-refractivity contribution >= 4 is 11.6 Å². The largest absolute Gasteiger partial charge is 0.323 e. The molecule has 1 heterocycles. The number of carbonyl (C=O) groups is 1. The fraction of sp³-hybridized carbons (Fsp3) is 0.300. The van der Waals surface area contributed by atoms with Crippen LogP contribution in [-0.4, -0.2) is 13.0 Å². The van der Waals surface area contributed by atoms with E-state index in [0.717, 1.165) is 0 Å². The molecule has 1 aromatic rings. The van der Waals surface area contributed by atoms with Crippen LogP contribution in [0.4, 0.5) is 10.1 Å². The Labute approximate surface area is 81.3 Å². The summed E-state index contributed by atoms with van der Waals surface area (Å²) in [6, 6.07) is 4.31. The average Bonchev–Trinajstić information content (AvgIpc) is 2.14. The molecule has 1 aliphatic rings. The van der Waals surface area contributed by atoms with Crippen LogP contribution >= 0.6 is 0 Å². The summed E-state index contributed by atoms with van der Waals surface area (Å²) in [5, 5.41) is 0. The summed E-state index contributed by atoms with van der Waals surface area (Å²) >= 11 is 0. The normalized spacial score (nSPS) is 20.9. The molecule has 1 amide bonds. The van der Waals surface area contributed by atoms with Crippen LogP contribution in [0.1, 0.15) is 18.0 Å². The van der Waals surface area contributed by atoms with Crippen molar-refractivity contribution in [3.63, 3.8) is 0 Å². The summed E-state index contributed by atoms with van der Waals surface area (Å²) in [7, 11) is 1.57. The van der Waals surface area contributed by atoms with E-state index in [9.17, 15) is 9.18 Å². The second kappa shape index (κ2) is 3.06. The third kappa shape index (κ3) is 1.19. The maximum absolute atomic E-state index is 13.4. The fourth-order valence-electron chi connectivity index (χ4n) is 1.74. The molecule has 0 spiro atoms. The van der Waals surface area contributed by atoms with Crippen LogP contribution < -0.4 is 10.6 Å². The third-order valence-electron chi connectivity index (χ3n) is 2.52. The molecule has 1 atom stereocenters. The van der Waals surface area contributed by atoms with Gasteiger partial charge in [0.25, 0.3) is 0 Å². The molecule has 74 valence electrons. The lowest BCUT2D eigenvalue weighted by molar-refractivity contribution is -0.119. The molecule has 0 aromatic heterocycles. The fourth-order valence-corrected chi connectivity index (χ4v) is 1.74. The zero-order valence-corrected chi connectivity index (χ0v) is 7.83. The van der Waals surface area contributed by atoms with Gasteiger partial charge >= 0.3 is 0 Å². The van der Waals surface area contributed by atoms with Gasteiger partial charge in [-0.25, -0.2) is 4.39 Å². The Morgan fingerprint density at radius 1 is 1.57 bits per heavy atom. The summed E-state index contributed by atoms with van der Waals surface area (Å²) < 4.78 is 13.4. The highest BCUT2D eigenvalue weighted by Crippen LogP contribution is 2.33. The van der Waals surface area contributed by atoms with E-state index < -0.39 is 5.82 Å². The smallest absolute Gasteiger partial charge is 0.228 e. The van der Waals surface area contributed by atoms with Crippen molar-refractivity contribution in [1.82, 2.24) is 0 Å². The van der Waals surface area contributed by atoms with Crippen molar-refractivity contribution in [2.45, 2.75) is 12.5 Å². The molecule has 0 radical (unpaired) electrons. The first-order valence-electron chi connectivity index (χ1n) is 4.42. The zero-order valence-electron chi connectivity index (χ0n) is 7.83. The van der Waals surface area contributed by atoms with E-state index >= 15 is 0 Å². The molecule has 2 rings (SSSR count). The van der Waals surface area contributed by atoms with Gasteiger partial charge in [0, 0.05) is 19.5 Å². The standard InChI is InChI=1S/C10H11FN2O/c1-13-9(14)5-8(12)6-3-2-4-7(11)10(6)13/h2-4,8H,5,12H2,1H3. The van der Waals surface area contributed by atoms with Gasteiger partial charge < -0.3 is 10.6 Å². The van der Waals surface area contributed by atoms with Gasteiger partial charge in [0.1, 0.15) is 5.82 Å². The number of para-hydroxylation sites is 1. The van der Waals surface area contributed by atoms with Crippen molar-refractivity contribution in [2.75, 3.05) is 11.9 Å². The maximum atomic E-state index is 13.4. The molecular formula is C10H11FN2O. The molecule has 0 bridgehead atoms. The number of nitrogens with two attached hydrogens (primary N) is 1. The van der Waals surface area contributed by atoms with E-state index in [1.807, 2.05) is 0 Å². The van der Waals surface area contributed by atoms with Crippen LogP contribution in [0.2, 0.25) is 0 Å². The molecule has 0 fully saturated rings. The Balaban J connectivity index is 2.62. The van der Waals surface area contributed by atoms with E-state index in [1.54, 1.807) is 19.2 Å². The highest BCUT2D eigenvalue weighted by atomic mass is 19.1.